The van der Waals surface area contributed by atoms with Crippen molar-refractivity contribution in [3.63, 3.8) is 0 Å². The zero-order valence-corrected chi connectivity index (χ0v) is 14.9. The van der Waals surface area contributed by atoms with E-state index >= 15 is 0 Å². The summed E-state index contributed by atoms with van der Waals surface area (Å²) < 4.78 is 9.94. The Morgan fingerprint density at radius 1 is 1.28 bits per heavy atom. The van der Waals surface area contributed by atoms with Gasteiger partial charge in [0.1, 0.15) is 17.8 Å². The quantitative estimate of drug-likeness (QED) is 0.448. The molecule has 2 atom stereocenters. The zero-order chi connectivity index (χ0) is 19.2. The lowest BCUT2D eigenvalue weighted by Crippen LogP contribution is -2.38. The van der Waals surface area contributed by atoms with Gasteiger partial charge in [-0.25, -0.2) is 9.59 Å². The third kappa shape index (κ3) is 6.60. The largest absolute Gasteiger partial charge is 0.462 e. The fourth-order valence-corrected chi connectivity index (χ4v) is 1.98. The van der Waals surface area contributed by atoms with Crippen molar-refractivity contribution in [1.82, 2.24) is 5.32 Å². The molecular formula is C17H26N2O6. The van der Waals surface area contributed by atoms with Crippen molar-refractivity contribution >= 4 is 17.7 Å². The predicted molar refractivity (Wildman–Crippen MR) is 92.0 cm³/mol. The second-order valence-electron chi connectivity index (χ2n) is 6.46. The van der Waals surface area contributed by atoms with Crippen LogP contribution in [0.4, 0.5) is 10.5 Å². The van der Waals surface area contributed by atoms with Crippen LogP contribution < -0.4 is 11.1 Å². The van der Waals surface area contributed by atoms with Crippen LogP contribution in [0, 0.1) is 0 Å². The Kier molecular flexibility index (Phi) is 7.20. The van der Waals surface area contributed by atoms with Crippen molar-refractivity contribution in [2.45, 2.75) is 45.5 Å². The Hall–Kier alpha value is -2.32. The molecule has 140 valence electrons. The molecule has 0 heterocycles. The molecule has 1 aromatic carbocycles. The van der Waals surface area contributed by atoms with Crippen LogP contribution in [-0.2, 0) is 9.47 Å². The number of aliphatic hydroxyl groups is 2. The average Bonchev–Trinajstić information content (AvgIpc) is 2.51. The minimum atomic E-state index is -1.33. The molecule has 0 fully saturated rings. The van der Waals surface area contributed by atoms with Gasteiger partial charge in [-0.1, -0.05) is 6.07 Å². The van der Waals surface area contributed by atoms with E-state index in [0.29, 0.717) is 0 Å². The lowest BCUT2D eigenvalue weighted by atomic mass is 10.0. The number of alkyl carbamates (subject to hydrolysis) is 1. The van der Waals surface area contributed by atoms with E-state index in [1.54, 1.807) is 27.7 Å². The summed E-state index contributed by atoms with van der Waals surface area (Å²) in [5, 5.41) is 22.7. The van der Waals surface area contributed by atoms with Gasteiger partial charge in [0.25, 0.3) is 0 Å². The van der Waals surface area contributed by atoms with Crippen LogP contribution in [-0.4, -0.2) is 47.1 Å². The minimum Gasteiger partial charge on any atom is -0.462 e. The summed E-state index contributed by atoms with van der Waals surface area (Å²) in [6.45, 7) is 6.76. The maximum atomic E-state index is 11.8. The average molecular weight is 354 g/mol. The maximum absolute atomic E-state index is 11.8. The molecule has 0 saturated carbocycles. The number of anilines is 1. The Morgan fingerprint density at radius 3 is 2.48 bits per heavy atom. The molecule has 5 N–H and O–H groups in total. The number of amides is 1. The van der Waals surface area contributed by atoms with Gasteiger partial charge in [-0.2, -0.15) is 0 Å². The van der Waals surface area contributed by atoms with Crippen molar-refractivity contribution in [2.24, 2.45) is 0 Å². The first kappa shape index (κ1) is 20.7. The second-order valence-corrected chi connectivity index (χ2v) is 6.46. The summed E-state index contributed by atoms with van der Waals surface area (Å²) >= 11 is 0. The van der Waals surface area contributed by atoms with Gasteiger partial charge in [0, 0.05) is 12.2 Å². The fraction of sp³-hybridized carbons (Fsp3) is 0.529. The van der Waals surface area contributed by atoms with Crippen molar-refractivity contribution in [3.05, 3.63) is 29.3 Å². The van der Waals surface area contributed by atoms with E-state index in [1.807, 2.05) is 0 Å². The van der Waals surface area contributed by atoms with Gasteiger partial charge in [-0.3, -0.25) is 0 Å². The molecular weight excluding hydrogens is 328 g/mol. The lowest BCUT2D eigenvalue weighted by molar-refractivity contribution is 0.0129. The lowest BCUT2D eigenvalue weighted by Gasteiger charge is -2.22. The van der Waals surface area contributed by atoms with Gasteiger partial charge >= 0.3 is 12.1 Å². The number of rotatable bonds is 6. The molecule has 2 unspecified atom stereocenters. The van der Waals surface area contributed by atoms with Gasteiger partial charge in [0.2, 0.25) is 0 Å². The Balaban J connectivity index is 2.75. The number of carbonyl (C=O) groups excluding carboxylic acids is 2. The Bertz CT molecular complexity index is 612. The highest BCUT2D eigenvalue weighted by atomic mass is 16.6. The molecule has 0 radical (unpaired) electrons. The van der Waals surface area contributed by atoms with Crippen LogP contribution in [0.25, 0.3) is 0 Å². The SMILES string of the molecule is CCOC(=O)c1cc(C(O)C(O)CNC(=O)OC(C)(C)C)ccc1N. The first-order valence-electron chi connectivity index (χ1n) is 7.94. The molecule has 8 nitrogen and oxygen atoms in total. The van der Waals surface area contributed by atoms with Crippen molar-refractivity contribution < 1.29 is 29.3 Å². The highest BCUT2D eigenvalue weighted by Crippen LogP contribution is 2.22. The number of esters is 1. The smallest absolute Gasteiger partial charge is 0.407 e. The van der Waals surface area contributed by atoms with E-state index in [2.05, 4.69) is 5.32 Å². The summed E-state index contributed by atoms with van der Waals surface area (Å²) in [6.07, 6.45) is -3.34. The number of hydrogen-bond donors (Lipinski definition) is 4. The summed E-state index contributed by atoms with van der Waals surface area (Å²) in [6, 6.07) is 4.28. The molecule has 1 amide bonds. The molecule has 0 aliphatic rings. The predicted octanol–water partition coefficient (Wildman–Crippen LogP) is 1.36. The summed E-state index contributed by atoms with van der Waals surface area (Å²) in [5.41, 5.74) is 5.65. The highest BCUT2D eigenvalue weighted by Gasteiger charge is 2.23. The Labute approximate surface area is 146 Å². The molecule has 0 bridgehead atoms. The summed E-state index contributed by atoms with van der Waals surface area (Å²) in [5.74, 6) is -0.615. The number of carbonyl (C=O) groups is 2. The van der Waals surface area contributed by atoms with E-state index in [1.165, 1.54) is 18.2 Å². The second kappa shape index (κ2) is 8.68. The van der Waals surface area contributed by atoms with E-state index in [0.717, 1.165) is 0 Å². The number of nitrogens with two attached hydrogens (primary N) is 1. The number of hydrogen-bond acceptors (Lipinski definition) is 7. The van der Waals surface area contributed by atoms with Crippen LogP contribution >= 0.6 is 0 Å². The summed E-state index contributed by atoms with van der Waals surface area (Å²) in [7, 11) is 0. The van der Waals surface area contributed by atoms with Crippen LogP contribution in [0.15, 0.2) is 18.2 Å². The van der Waals surface area contributed by atoms with Crippen LogP contribution in [0.5, 0.6) is 0 Å². The first-order valence-corrected chi connectivity index (χ1v) is 7.94. The normalized spacial score (nSPS) is 13.7. The van der Waals surface area contributed by atoms with E-state index in [4.69, 9.17) is 15.2 Å². The van der Waals surface area contributed by atoms with E-state index < -0.39 is 29.9 Å². The minimum absolute atomic E-state index is 0.103. The topological polar surface area (TPSA) is 131 Å². The standard InChI is InChI=1S/C17H26N2O6/c1-5-24-15(22)11-8-10(6-7-12(11)18)14(21)13(20)9-19-16(23)25-17(2,3)4/h6-8,13-14,20-21H,5,9,18H2,1-4H3,(H,19,23). The van der Waals surface area contributed by atoms with E-state index in [-0.39, 0.29) is 30.0 Å². The number of aliphatic hydroxyl groups excluding tert-OH is 2. The van der Waals surface area contributed by atoms with Gasteiger partial charge in [0.15, 0.2) is 0 Å². The van der Waals surface area contributed by atoms with Gasteiger partial charge in [-0.05, 0) is 45.4 Å². The van der Waals surface area contributed by atoms with Gasteiger partial charge in [-0.15, -0.1) is 0 Å². The molecule has 0 spiro atoms. The molecule has 25 heavy (non-hydrogen) atoms. The van der Waals surface area contributed by atoms with Crippen LogP contribution in [0.3, 0.4) is 0 Å². The molecule has 0 saturated heterocycles. The molecule has 8 heteroatoms. The monoisotopic (exact) mass is 354 g/mol. The van der Waals surface area contributed by atoms with Gasteiger partial charge < -0.3 is 30.7 Å². The molecule has 0 aliphatic heterocycles. The van der Waals surface area contributed by atoms with Crippen molar-refractivity contribution in [2.75, 3.05) is 18.9 Å². The van der Waals surface area contributed by atoms with Crippen molar-refractivity contribution in [1.29, 1.82) is 0 Å². The molecule has 0 aliphatic carbocycles. The number of ether oxygens (including phenoxy) is 2. The maximum Gasteiger partial charge on any atom is 0.407 e. The number of nitrogens with one attached hydrogen (secondary N) is 1. The number of benzene rings is 1. The van der Waals surface area contributed by atoms with Crippen LogP contribution in [0.1, 0.15) is 49.7 Å². The van der Waals surface area contributed by atoms with Crippen molar-refractivity contribution in [3.8, 4) is 0 Å². The highest BCUT2D eigenvalue weighted by molar-refractivity contribution is 5.95. The molecule has 0 aromatic heterocycles. The third-order valence-electron chi connectivity index (χ3n) is 3.13. The van der Waals surface area contributed by atoms with E-state index in [9.17, 15) is 19.8 Å². The zero-order valence-electron chi connectivity index (χ0n) is 14.9. The molecule has 1 aromatic rings. The third-order valence-corrected chi connectivity index (χ3v) is 3.13. The number of nitrogen functional groups attached to an aromatic ring is 1. The van der Waals surface area contributed by atoms with Crippen LogP contribution in [0.2, 0.25) is 0 Å². The fourth-order valence-electron chi connectivity index (χ4n) is 1.98. The Morgan fingerprint density at radius 2 is 1.92 bits per heavy atom. The molecule has 1 rings (SSSR count). The summed E-state index contributed by atoms with van der Waals surface area (Å²) in [4.78, 5) is 23.4. The van der Waals surface area contributed by atoms with Gasteiger partial charge in [0.05, 0.1) is 12.2 Å². The first-order chi connectivity index (χ1) is 11.5.